The van der Waals surface area contributed by atoms with Crippen LogP contribution in [0.3, 0.4) is 0 Å². The van der Waals surface area contributed by atoms with Gasteiger partial charge in [0.15, 0.2) is 0 Å². The zero-order chi connectivity index (χ0) is 36.9. The first-order valence-corrected chi connectivity index (χ1v) is 18.4. The number of hydrogen-bond acceptors (Lipinski definition) is 3. The van der Waals surface area contributed by atoms with Gasteiger partial charge in [-0.05, 0) is 92.4 Å². The lowest BCUT2D eigenvalue weighted by atomic mass is 9.79. The molecule has 0 saturated carbocycles. The Bertz CT molecular complexity index is 2590. The lowest BCUT2D eigenvalue weighted by Gasteiger charge is -2.26. The average molecular weight is 692 g/mol. The normalized spacial score (nSPS) is 12.1. The largest absolute Gasteiger partial charge is 0.496 e. The van der Waals surface area contributed by atoms with E-state index in [0.29, 0.717) is 0 Å². The van der Waals surface area contributed by atoms with Crippen LogP contribution in [0, 0.1) is 0 Å². The van der Waals surface area contributed by atoms with Gasteiger partial charge in [-0.15, -0.1) is 0 Å². The van der Waals surface area contributed by atoms with Crippen LogP contribution in [0.4, 0.5) is 0 Å². The fraction of sp³-hybridized carbons (Fsp3) is 0.184. The Labute approximate surface area is 312 Å². The van der Waals surface area contributed by atoms with Gasteiger partial charge in [-0.2, -0.15) is 0 Å². The van der Waals surface area contributed by atoms with Gasteiger partial charge in [0.25, 0.3) is 0 Å². The van der Waals surface area contributed by atoms with Crippen LogP contribution in [-0.2, 0) is 10.8 Å². The minimum atomic E-state index is -0.0214. The molecule has 0 aliphatic rings. The van der Waals surface area contributed by atoms with Gasteiger partial charge in [0, 0.05) is 28.5 Å². The molecule has 53 heavy (non-hydrogen) atoms. The smallest absolute Gasteiger partial charge is 0.137 e. The molecule has 0 unspecified atom stereocenters. The summed E-state index contributed by atoms with van der Waals surface area (Å²) in [7, 11) is 1.72. The van der Waals surface area contributed by atoms with Crippen molar-refractivity contribution in [3.8, 4) is 61.9 Å². The number of aromatic nitrogens is 3. The van der Waals surface area contributed by atoms with Crippen molar-refractivity contribution in [2.24, 2.45) is 0 Å². The number of ether oxygens (including phenoxy) is 1. The molecule has 4 heteroatoms. The number of imidazole rings is 1. The van der Waals surface area contributed by atoms with Crippen LogP contribution in [0.1, 0.15) is 52.7 Å². The molecule has 3 heterocycles. The highest BCUT2D eigenvalue weighted by molar-refractivity contribution is 6.01. The third-order valence-corrected chi connectivity index (χ3v) is 10.2. The van der Waals surface area contributed by atoms with E-state index in [1.165, 1.54) is 16.7 Å². The molecule has 0 atom stereocenters. The standard InChI is InChI=1S/C49H45N3O/c1-48(2,3)37-26-34(27-38(31-37)49(4,5)6)35-29-42(40-21-13-14-22-44(40)53-7)50-43(30-35)41-28-36(25-33-19-11-12-20-39(33)41)46-47(32-17-9-8-10-18-32)52-24-16-15-23-45(52)51-46/h8-31H,1-7H3. The molecule has 0 saturated heterocycles. The highest BCUT2D eigenvalue weighted by atomic mass is 16.5. The Morgan fingerprint density at radius 3 is 1.85 bits per heavy atom. The van der Waals surface area contributed by atoms with Gasteiger partial charge in [-0.1, -0.05) is 133 Å². The highest BCUT2D eigenvalue weighted by Gasteiger charge is 2.23. The number of para-hydroxylation sites is 1. The molecule has 0 amide bonds. The third-order valence-electron chi connectivity index (χ3n) is 10.2. The molecule has 3 aromatic heterocycles. The van der Waals surface area contributed by atoms with E-state index in [9.17, 15) is 0 Å². The molecule has 5 aromatic carbocycles. The molecular weight excluding hydrogens is 647 g/mol. The van der Waals surface area contributed by atoms with Crippen LogP contribution in [0.5, 0.6) is 5.75 Å². The SMILES string of the molecule is COc1ccccc1-c1cc(-c2cc(C(C)(C)C)cc(C(C)(C)C)c2)cc(-c2cc(-c3nc4ccccn4c3-c3ccccc3)cc3ccccc23)n1. The van der Waals surface area contributed by atoms with Gasteiger partial charge in [0.05, 0.1) is 29.9 Å². The minimum Gasteiger partial charge on any atom is -0.496 e. The van der Waals surface area contributed by atoms with Crippen molar-refractivity contribution in [3.05, 3.63) is 157 Å². The summed E-state index contributed by atoms with van der Waals surface area (Å²) in [6, 6.07) is 49.6. The Balaban J connectivity index is 1.43. The van der Waals surface area contributed by atoms with E-state index in [2.05, 4.69) is 167 Å². The van der Waals surface area contributed by atoms with Crippen LogP contribution < -0.4 is 4.74 Å². The molecule has 0 spiro atoms. The van der Waals surface area contributed by atoms with E-state index >= 15 is 0 Å². The maximum atomic E-state index is 5.90. The van der Waals surface area contributed by atoms with Gasteiger partial charge in [-0.3, -0.25) is 4.40 Å². The second kappa shape index (κ2) is 13.2. The van der Waals surface area contributed by atoms with Crippen molar-refractivity contribution in [3.63, 3.8) is 0 Å². The zero-order valence-corrected chi connectivity index (χ0v) is 31.6. The second-order valence-electron chi connectivity index (χ2n) is 16.0. The molecule has 8 aromatic rings. The predicted octanol–water partition coefficient (Wildman–Crippen LogP) is 12.8. The fourth-order valence-electron chi connectivity index (χ4n) is 7.22. The van der Waals surface area contributed by atoms with Gasteiger partial charge in [-0.25, -0.2) is 9.97 Å². The highest BCUT2D eigenvalue weighted by Crippen LogP contribution is 2.42. The van der Waals surface area contributed by atoms with Gasteiger partial charge in [0.1, 0.15) is 11.4 Å². The molecule has 4 nitrogen and oxygen atoms in total. The van der Waals surface area contributed by atoms with Crippen molar-refractivity contribution in [1.29, 1.82) is 0 Å². The van der Waals surface area contributed by atoms with Crippen LogP contribution in [-0.4, -0.2) is 21.5 Å². The van der Waals surface area contributed by atoms with Crippen LogP contribution in [0.2, 0.25) is 0 Å². The fourth-order valence-corrected chi connectivity index (χ4v) is 7.22. The summed E-state index contributed by atoms with van der Waals surface area (Å²) in [5.41, 5.74) is 13.7. The zero-order valence-electron chi connectivity index (χ0n) is 31.6. The Morgan fingerprint density at radius 1 is 0.509 bits per heavy atom. The summed E-state index contributed by atoms with van der Waals surface area (Å²) in [6.07, 6.45) is 2.10. The van der Waals surface area contributed by atoms with E-state index in [1.807, 2.05) is 24.3 Å². The van der Waals surface area contributed by atoms with Crippen molar-refractivity contribution in [1.82, 2.24) is 14.4 Å². The summed E-state index contributed by atoms with van der Waals surface area (Å²) < 4.78 is 8.09. The maximum absolute atomic E-state index is 5.90. The van der Waals surface area contributed by atoms with Crippen molar-refractivity contribution in [2.75, 3.05) is 7.11 Å². The first-order valence-electron chi connectivity index (χ1n) is 18.4. The quantitative estimate of drug-likeness (QED) is 0.174. The predicted molar refractivity (Wildman–Crippen MR) is 222 cm³/mol. The molecule has 0 fully saturated rings. The Morgan fingerprint density at radius 2 is 1.13 bits per heavy atom. The average Bonchev–Trinajstić information content (AvgIpc) is 3.56. The number of rotatable bonds is 6. The number of hydrogen-bond donors (Lipinski definition) is 0. The van der Waals surface area contributed by atoms with Crippen LogP contribution >= 0.6 is 0 Å². The monoisotopic (exact) mass is 691 g/mol. The Kier molecular flexibility index (Phi) is 8.50. The molecular formula is C49H45N3O. The van der Waals surface area contributed by atoms with E-state index in [1.54, 1.807) is 7.11 Å². The molecule has 0 N–H and O–H groups in total. The third kappa shape index (κ3) is 6.51. The van der Waals surface area contributed by atoms with E-state index in [-0.39, 0.29) is 10.8 Å². The Hall–Kier alpha value is -6.00. The number of pyridine rings is 2. The minimum absolute atomic E-state index is 0.0214. The summed E-state index contributed by atoms with van der Waals surface area (Å²) >= 11 is 0. The number of methoxy groups -OCH3 is 1. The summed E-state index contributed by atoms with van der Waals surface area (Å²) in [5, 5.41) is 2.27. The van der Waals surface area contributed by atoms with E-state index < -0.39 is 0 Å². The van der Waals surface area contributed by atoms with Crippen molar-refractivity contribution >= 4 is 16.4 Å². The summed E-state index contributed by atoms with van der Waals surface area (Å²) in [4.78, 5) is 10.7. The van der Waals surface area contributed by atoms with E-state index in [0.717, 1.165) is 72.8 Å². The number of fused-ring (bicyclic) bond motifs is 2. The molecule has 0 bridgehead atoms. The van der Waals surface area contributed by atoms with Crippen LogP contribution in [0.25, 0.3) is 72.6 Å². The molecule has 0 aliphatic carbocycles. The molecule has 0 radical (unpaired) electrons. The van der Waals surface area contributed by atoms with Crippen molar-refractivity contribution < 1.29 is 4.74 Å². The van der Waals surface area contributed by atoms with Gasteiger partial charge in [0.2, 0.25) is 0 Å². The van der Waals surface area contributed by atoms with Gasteiger partial charge < -0.3 is 4.74 Å². The second-order valence-corrected chi connectivity index (χ2v) is 16.0. The van der Waals surface area contributed by atoms with Gasteiger partial charge >= 0.3 is 0 Å². The summed E-state index contributed by atoms with van der Waals surface area (Å²) in [6.45, 7) is 13.7. The first-order chi connectivity index (χ1) is 25.5. The summed E-state index contributed by atoms with van der Waals surface area (Å²) in [5.74, 6) is 0.790. The lowest BCUT2D eigenvalue weighted by molar-refractivity contribution is 0.416. The topological polar surface area (TPSA) is 39.4 Å². The molecule has 262 valence electrons. The molecule has 8 rings (SSSR count). The van der Waals surface area contributed by atoms with Crippen LogP contribution in [0.15, 0.2) is 146 Å². The number of nitrogens with zero attached hydrogens (tertiary/aromatic N) is 3. The maximum Gasteiger partial charge on any atom is 0.137 e. The first kappa shape index (κ1) is 34.1. The number of benzene rings is 5. The lowest BCUT2D eigenvalue weighted by Crippen LogP contribution is -2.16. The molecule has 0 aliphatic heterocycles. The van der Waals surface area contributed by atoms with E-state index in [4.69, 9.17) is 14.7 Å². The van der Waals surface area contributed by atoms with Crippen molar-refractivity contribution in [2.45, 2.75) is 52.4 Å².